The number of ether oxygens (including phenoxy) is 1. The van der Waals surface area contributed by atoms with Crippen LogP contribution in [-0.4, -0.2) is 25.0 Å². The van der Waals surface area contributed by atoms with Crippen LogP contribution < -0.4 is 15.4 Å². The highest BCUT2D eigenvalue weighted by Gasteiger charge is 2.09. The van der Waals surface area contributed by atoms with Crippen LogP contribution in [0, 0.1) is 9.49 Å². The number of rotatable bonds is 7. The van der Waals surface area contributed by atoms with Crippen molar-refractivity contribution in [2.24, 2.45) is 5.92 Å². The van der Waals surface area contributed by atoms with Gasteiger partial charge in [-0.3, -0.25) is 9.59 Å². The Kier molecular flexibility index (Phi) is 7.24. The molecule has 0 saturated heterocycles. The van der Waals surface area contributed by atoms with Crippen molar-refractivity contribution in [3.05, 3.63) is 57.7 Å². The molecule has 0 aromatic heterocycles. The van der Waals surface area contributed by atoms with E-state index in [0.29, 0.717) is 29.5 Å². The van der Waals surface area contributed by atoms with Crippen LogP contribution in [0.5, 0.6) is 5.75 Å². The summed E-state index contributed by atoms with van der Waals surface area (Å²) < 4.78 is 6.54. The SMILES string of the molecule is CC(C)CNC(=O)c1cccc(NC(=O)COc2ccc(I)cc2)c1. The van der Waals surface area contributed by atoms with Crippen LogP contribution >= 0.6 is 22.6 Å². The molecule has 0 saturated carbocycles. The van der Waals surface area contributed by atoms with Crippen LogP contribution in [0.3, 0.4) is 0 Å². The molecule has 25 heavy (non-hydrogen) atoms. The van der Waals surface area contributed by atoms with Crippen molar-refractivity contribution < 1.29 is 14.3 Å². The molecule has 2 rings (SSSR count). The van der Waals surface area contributed by atoms with Crippen LogP contribution in [0.15, 0.2) is 48.5 Å². The maximum absolute atomic E-state index is 12.1. The molecule has 0 heterocycles. The minimum Gasteiger partial charge on any atom is -0.484 e. The van der Waals surface area contributed by atoms with E-state index in [4.69, 9.17) is 4.74 Å². The van der Waals surface area contributed by atoms with Gasteiger partial charge in [-0.15, -0.1) is 0 Å². The molecule has 2 amide bonds. The molecular weight excluding hydrogens is 431 g/mol. The van der Waals surface area contributed by atoms with Gasteiger partial charge in [-0.25, -0.2) is 0 Å². The Morgan fingerprint density at radius 3 is 2.52 bits per heavy atom. The summed E-state index contributed by atoms with van der Waals surface area (Å²) in [6, 6.07) is 14.3. The minimum absolute atomic E-state index is 0.0929. The number of amides is 2. The van der Waals surface area contributed by atoms with E-state index in [-0.39, 0.29) is 18.4 Å². The lowest BCUT2D eigenvalue weighted by Crippen LogP contribution is -2.27. The highest BCUT2D eigenvalue weighted by molar-refractivity contribution is 14.1. The maximum Gasteiger partial charge on any atom is 0.262 e. The Bertz CT molecular complexity index is 730. The topological polar surface area (TPSA) is 67.4 Å². The van der Waals surface area contributed by atoms with Gasteiger partial charge in [0.15, 0.2) is 6.61 Å². The Labute approximate surface area is 161 Å². The van der Waals surface area contributed by atoms with Gasteiger partial charge in [-0.1, -0.05) is 19.9 Å². The van der Waals surface area contributed by atoms with Crippen molar-refractivity contribution in [3.63, 3.8) is 0 Å². The summed E-state index contributed by atoms with van der Waals surface area (Å²) in [5.41, 5.74) is 1.07. The van der Waals surface area contributed by atoms with Crippen molar-refractivity contribution in [1.29, 1.82) is 0 Å². The molecule has 0 bridgehead atoms. The predicted octanol–water partition coefficient (Wildman–Crippen LogP) is 3.69. The van der Waals surface area contributed by atoms with Crippen molar-refractivity contribution in [1.82, 2.24) is 5.32 Å². The molecule has 2 N–H and O–H groups in total. The summed E-state index contributed by atoms with van der Waals surface area (Å²) >= 11 is 2.20. The molecule has 0 aliphatic rings. The molecule has 6 heteroatoms. The second-order valence-electron chi connectivity index (χ2n) is 5.98. The van der Waals surface area contributed by atoms with Crippen LogP contribution in [0.1, 0.15) is 24.2 Å². The smallest absolute Gasteiger partial charge is 0.262 e. The lowest BCUT2D eigenvalue weighted by atomic mass is 10.1. The van der Waals surface area contributed by atoms with Crippen LogP contribution in [0.2, 0.25) is 0 Å². The largest absolute Gasteiger partial charge is 0.484 e. The first-order valence-electron chi connectivity index (χ1n) is 8.00. The lowest BCUT2D eigenvalue weighted by Gasteiger charge is -2.10. The van der Waals surface area contributed by atoms with Gasteiger partial charge in [-0.05, 0) is 71.0 Å². The number of benzene rings is 2. The van der Waals surface area contributed by atoms with Crippen LogP contribution in [-0.2, 0) is 4.79 Å². The first-order valence-corrected chi connectivity index (χ1v) is 9.08. The number of carbonyl (C=O) groups excluding carboxylic acids is 2. The average molecular weight is 452 g/mol. The standard InChI is InChI=1S/C19H21IN2O3/c1-13(2)11-21-19(24)14-4-3-5-16(10-14)22-18(23)12-25-17-8-6-15(20)7-9-17/h3-10,13H,11-12H2,1-2H3,(H,21,24)(H,22,23). The second kappa shape index (κ2) is 9.41. The Balaban J connectivity index is 1.88. The number of nitrogens with one attached hydrogen (secondary N) is 2. The van der Waals surface area contributed by atoms with Gasteiger partial charge in [-0.2, -0.15) is 0 Å². The molecule has 0 spiro atoms. The molecule has 0 fully saturated rings. The zero-order valence-corrected chi connectivity index (χ0v) is 16.4. The second-order valence-corrected chi connectivity index (χ2v) is 7.22. The third-order valence-electron chi connectivity index (χ3n) is 3.26. The predicted molar refractivity (Wildman–Crippen MR) is 107 cm³/mol. The molecule has 0 aliphatic heterocycles. The van der Waals surface area contributed by atoms with Gasteiger partial charge in [0.05, 0.1) is 0 Å². The van der Waals surface area contributed by atoms with E-state index >= 15 is 0 Å². The summed E-state index contributed by atoms with van der Waals surface area (Å²) in [6.07, 6.45) is 0. The Morgan fingerprint density at radius 2 is 1.84 bits per heavy atom. The van der Waals surface area contributed by atoms with Gasteiger partial charge >= 0.3 is 0 Å². The Morgan fingerprint density at radius 1 is 1.12 bits per heavy atom. The number of halogens is 1. The van der Waals surface area contributed by atoms with E-state index in [2.05, 4.69) is 33.2 Å². The van der Waals surface area contributed by atoms with Crippen molar-refractivity contribution >= 4 is 40.1 Å². The summed E-state index contributed by atoms with van der Waals surface area (Å²) in [5.74, 6) is 0.584. The Hall–Kier alpha value is -2.09. The van der Waals surface area contributed by atoms with Gasteiger partial charge in [0.2, 0.25) is 0 Å². The number of carbonyl (C=O) groups is 2. The lowest BCUT2D eigenvalue weighted by molar-refractivity contribution is -0.118. The summed E-state index contributed by atoms with van der Waals surface area (Å²) in [5, 5.41) is 5.59. The molecule has 5 nitrogen and oxygen atoms in total. The highest BCUT2D eigenvalue weighted by Crippen LogP contribution is 2.14. The fraction of sp³-hybridized carbons (Fsp3) is 0.263. The molecule has 2 aromatic carbocycles. The van der Waals surface area contributed by atoms with Crippen LogP contribution in [0.25, 0.3) is 0 Å². The van der Waals surface area contributed by atoms with E-state index in [1.807, 2.05) is 38.1 Å². The van der Waals surface area contributed by atoms with Gasteiger partial charge in [0.1, 0.15) is 5.75 Å². The summed E-state index contributed by atoms with van der Waals surface area (Å²) in [4.78, 5) is 24.1. The summed E-state index contributed by atoms with van der Waals surface area (Å²) in [6.45, 7) is 4.58. The molecule has 0 atom stereocenters. The zero-order valence-electron chi connectivity index (χ0n) is 14.2. The molecule has 0 unspecified atom stereocenters. The zero-order chi connectivity index (χ0) is 18.2. The molecule has 2 aromatic rings. The van der Waals surface area contributed by atoms with E-state index in [9.17, 15) is 9.59 Å². The maximum atomic E-state index is 12.1. The summed E-state index contributed by atoms with van der Waals surface area (Å²) in [7, 11) is 0. The van der Waals surface area contributed by atoms with Gasteiger partial charge < -0.3 is 15.4 Å². The van der Waals surface area contributed by atoms with E-state index in [1.165, 1.54) is 0 Å². The number of hydrogen-bond donors (Lipinski definition) is 2. The van der Waals surface area contributed by atoms with Gasteiger partial charge in [0, 0.05) is 21.4 Å². The molecule has 132 valence electrons. The first kappa shape index (κ1) is 19.2. The van der Waals surface area contributed by atoms with Crippen molar-refractivity contribution in [3.8, 4) is 5.75 Å². The average Bonchev–Trinajstić information content (AvgIpc) is 2.59. The normalized spacial score (nSPS) is 10.4. The molecule has 0 aliphatic carbocycles. The number of hydrogen-bond acceptors (Lipinski definition) is 3. The highest BCUT2D eigenvalue weighted by atomic mass is 127. The first-order chi connectivity index (χ1) is 11.9. The minimum atomic E-state index is -0.279. The third kappa shape index (κ3) is 6.74. The van der Waals surface area contributed by atoms with Crippen LogP contribution in [0.4, 0.5) is 5.69 Å². The van der Waals surface area contributed by atoms with Crippen molar-refractivity contribution in [2.75, 3.05) is 18.5 Å². The van der Waals surface area contributed by atoms with E-state index in [0.717, 1.165) is 3.57 Å². The third-order valence-corrected chi connectivity index (χ3v) is 3.98. The van der Waals surface area contributed by atoms with E-state index < -0.39 is 0 Å². The van der Waals surface area contributed by atoms with Crippen molar-refractivity contribution in [2.45, 2.75) is 13.8 Å². The number of anilines is 1. The van der Waals surface area contributed by atoms with Gasteiger partial charge in [0.25, 0.3) is 11.8 Å². The molecule has 0 radical (unpaired) electrons. The fourth-order valence-electron chi connectivity index (χ4n) is 2.01. The quantitative estimate of drug-likeness (QED) is 0.630. The monoisotopic (exact) mass is 452 g/mol. The van der Waals surface area contributed by atoms with E-state index in [1.54, 1.807) is 24.3 Å². The fourth-order valence-corrected chi connectivity index (χ4v) is 2.37. The molecular formula is C19H21IN2O3.